The van der Waals surface area contributed by atoms with Gasteiger partial charge < -0.3 is 9.94 Å². The van der Waals surface area contributed by atoms with Crippen LogP contribution in [-0.4, -0.2) is 28.7 Å². The van der Waals surface area contributed by atoms with Gasteiger partial charge in [0.25, 0.3) is 0 Å². The molecule has 2 aliphatic heterocycles. The summed E-state index contributed by atoms with van der Waals surface area (Å²) in [6.07, 6.45) is 5.69. The molecule has 0 aromatic rings. The average molecular weight is 257 g/mol. The summed E-state index contributed by atoms with van der Waals surface area (Å²) in [5, 5.41) is 13.5. The summed E-state index contributed by atoms with van der Waals surface area (Å²) in [7, 11) is 0. The normalized spacial score (nSPS) is 27.6. The van der Waals surface area contributed by atoms with Crippen LogP contribution in [0.15, 0.2) is 21.9 Å². The third-order valence-electron chi connectivity index (χ3n) is 2.97. The number of aliphatic hydroxyl groups is 1. The minimum absolute atomic E-state index is 0.0130. The highest BCUT2D eigenvalue weighted by molar-refractivity contribution is 6.68. The van der Waals surface area contributed by atoms with Gasteiger partial charge in [-0.3, -0.25) is 0 Å². The van der Waals surface area contributed by atoms with E-state index in [1.807, 2.05) is 0 Å². The first-order valence-corrected chi connectivity index (χ1v) is 6.40. The first-order valence-electron chi connectivity index (χ1n) is 6.02. The number of rotatable bonds is 5. The first-order chi connectivity index (χ1) is 8.24. The van der Waals surface area contributed by atoms with E-state index in [4.69, 9.17) is 21.5 Å². The second-order valence-corrected chi connectivity index (χ2v) is 4.76. The van der Waals surface area contributed by atoms with Gasteiger partial charge in [0.05, 0.1) is 18.2 Å². The first kappa shape index (κ1) is 12.6. The molecule has 1 N–H and O–H groups in total. The molecule has 2 heterocycles. The Morgan fingerprint density at radius 3 is 3.06 bits per heavy atom. The number of aliphatic imine (C=N–C) groups is 1. The number of hydrogen-bond donors (Lipinski definition) is 1. The van der Waals surface area contributed by atoms with E-state index in [0.29, 0.717) is 11.6 Å². The predicted octanol–water partition coefficient (Wildman–Crippen LogP) is 2.46. The summed E-state index contributed by atoms with van der Waals surface area (Å²) in [6, 6.07) is 0. The van der Waals surface area contributed by atoms with Gasteiger partial charge >= 0.3 is 0 Å². The fourth-order valence-electron chi connectivity index (χ4n) is 1.97. The molecule has 2 rings (SSSR count). The summed E-state index contributed by atoms with van der Waals surface area (Å²) in [6.45, 7) is 2.14. The molecule has 17 heavy (non-hydrogen) atoms. The summed E-state index contributed by atoms with van der Waals surface area (Å²) in [5.41, 5.74) is 1.90. The van der Waals surface area contributed by atoms with Crippen molar-refractivity contribution in [2.24, 2.45) is 16.1 Å². The van der Waals surface area contributed by atoms with Crippen molar-refractivity contribution in [3.8, 4) is 0 Å². The van der Waals surface area contributed by atoms with Gasteiger partial charge in [-0.1, -0.05) is 30.1 Å². The molecule has 2 aliphatic rings. The highest BCUT2D eigenvalue weighted by Crippen LogP contribution is 2.28. The SMILES string of the molecule is CCCCC1=CC(C2=NOC(CO)C2)C(Cl)=N1. The molecule has 0 aromatic carbocycles. The van der Waals surface area contributed by atoms with Crippen LogP contribution in [0.4, 0.5) is 0 Å². The van der Waals surface area contributed by atoms with E-state index in [-0.39, 0.29) is 18.6 Å². The van der Waals surface area contributed by atoms with E-state index in [1.54, 1.807) is 0 Å². The van der Waals surface area contributed by atoms with E-state index >= 15 is 0 Å². The largest absolute Gasteiger partial charge is 0.392 e. The van der Waals surface area contributed by atoms with Crippen molar-refractivity contribution < 1.29 is 9.94 Å². The molecule has 4 nitrogen and oxygen atoms in total. The number of allylic oxidation sites excluding steroid dienone is 2. The second-order valence-electron chi connectivity index (χ2n) is 4.37. The van der Waals surface area contributed by atoms with Crippen LogP contribution in [-0.2, 0) is 4.84 Å². The van der Waals surface area contributed by atoms with Crippen LogP contribution >= 0.6 is 11.6 Å². The number of hydrogen-bond acceptors (Lipinski definition) is 4. The van der Waals surface area contributed by atoms with Gasteiger partial charge in [-0.05, 0) is 18.9 Å². The predicted molar refractivity (Wildman–Crippen MR) is 68.4 cm³/mol. The molecule has 0 fully saturated rings. The van der Waals surface area contributed by atoms with E-state index in [2.05, 4.69) is 23.1 Å². The van der Waals surface area contributed by atoms with E-state index < -0.39 is 0 Å². The highest BCUT2D eigenvalue weighted by Gasteiger charge is 2.31. The molecule has 0 spiro atoms. The molecule has 0 radical (unpaired) electrons. The Balaban J connectivity index is 1.99. The molecule has 2 unspecified atom stereocenters. The minimum Gasteiger partial charge on any atom is -0.392 e. The van der Waals surface area contributed by atoms with Crippen molar-refractivity contribution in [2.45, 2.75) is 38.7 Å². The minimum atomic E-state index is -0.220. The summed E-state index contributed by atoms with van der Waals surface area (Å²) in [4.78, 5) is 9.43. The van der Waals surface area contributed by atoms with Crippen LogP contribution < -0.4 is 0 Å². The van der Waals surface area contributed by atoms with E-state index in [1.165, 1.54) is 0 Å². The van der Waals surface area contributed by atoms with Crippen LogP contribution in [0.3, 0.4) is 0 Å². The van der Waals surface area contributed by atoms with Crippen LogP contribution in [0.5, 0.6) is 0 Å². The average Bonchev–Trinajstić information content (AvgIpc) is 2.92. The van der Waals surface area contributed by atoms with Gasteiger partial charge in [-0.15, -0.1) is 0 Å². The Kier molecular flexibility index (Phi) is 4.18. The lowest BCUT2D eigenvalue weighted by Gasteiger charge is -2.05. The molecule has 94 valence electrons. The van der Waals surface area contributed by atoms with Gasteiger partial charge in [-0.2, -0.15) is 0 Å². The van der Waals surface area contributed by atoms with Crippen molar-refractivity contribution in [2.75, 3.05) is 6.61 Å². The Hall–Kier alpha value is -0.870. The maximum absolute atomic E-state index is 8.98. The molecule has 0 saturated heterocycles. The third kappa shape index (κ3) is 2.87. The number of aliphatic hydroxyl groups excluding tert-OH is 1. The Morgan fingerprint density at radius 2 is 2.41 bits per heavy atom. The smallest absolute Gasteiger partial charge is 0.155 e. The quantitative estimate of drug-likeness (QED) is 0.822. The van der Waals surface area contributed by atoms with Crippen molar-refractivity contribution in [3.05, 3.63) is 11.8 Å². The second kappa shape index (κ2) is 5.65. The van der Waals surface area contributed by atoms with Gasteiger partial charge in [0, 0.05) is 12.1 Å². The molecular weight excluding hydrogens is 240 g/mol. The lowest BCUT2D eigenvalue weighted by molar-refractivity contribution is 0.0390. The summed E-state index contributed by atoms with van der Waals surface area (Å²) < 4.78 is 0. The number of unbranched alkanes of at least 4 members (excludes halogenated alkanes) is 1. The van der Waals surface area contributed by atoms with Gasteiger partial charge in [0.15, 0.2) is 6.10 Å². The van der Waals surface area contributed by atoms with Crippen molar-refractivity contribution >= 4 is 22.5 Å². The highest BCUT2D eigenvalue weighted by atomic mass is 35.5. The van der Waals surface area contributed by atoms with Crippen LogP contribution in [0, 0.1) is 5.92 Å². The molecule has 0 bridgehead atoms. The molecule has 0 aliphatic carbocycles. The number of oxime groups is 1. The molecule has 0 saturated carbocycles. The van der Waals surface area contributed by atoms with Gasteiger partial charge in [0.2, 0.25) is 0 Å². The monoisotopic (exact) mass is 256 g/mol. The summed E-state index contributed by atoms with van der Waals surface area (Å²) in [5.74, 6) is -0.0416. The zero-order valence-electron chi connectivity index (χ0n) is 9.90. The fourth-order valence-corrected chi connectivity index (χ4v) is 2.27. The Bertz CT molecular complexity index is 377. The number of nitrogens with zero attached hydrogens (tertiary/aromatic N) is 2. The fraction of sp³-hybridized carbons (Fsp3) is 0.667. The third-order valence-corrected chi connectivity index (χ3v) is 3.29. The lowest BCUT2D eigenvalue weighted by Crippen LogP contribution is -2.19. The summed E-state index contributed by atoms with van der Waals surface area (Å²) >= 11 is 6.12. The molecule has 2 atom stereocenters. The maximum Gasteiger partial charge on any atom is 0.155 e. The standard InChI is InChI=1S/C12H17ClN2O2/c1-2-3-4-8-5-10(12(13)14-8)11-6-9(7-16)17-15-11/h5,9-10,16H,2-4,6-7H2,1H3. The van der Waals surface area contributed by atoms with Crippen molar-refractivity contribution in [3.63, 3.8) is 0 Å². The zero-order valence-corrected chi connectivity index (χ0v) is 10.7. The molecule has 5 heteroatoms. The molecule has 0 aromatic heterocycles. The van der Waals surface area contributed by atoms with Crippen LogP contribution in [0.25, 0.3) is 0 Å². The maximum atomic E-state index is 8.98. The lowest BCUT2D eigenvalue weighted by atomic mass is 10.00. The van der Waals surface area contributed by atoms with Crippen LogP contribution in [0.1, 0.15) is 32.6 Å². The number of halogens is 1. The Morgan fingerprint density at radius 1 is 1.59 bits per heavy atom. The van der Waals surface area contributed by atoms with Gasteiger partial charge in [0.1, 0.15) is 5.17 Å². The molecular formula is C12H17ClN2O2. The molecule has 0 amide bonds. The van der Waals surface area contributed by atoms with E-state index in [0.717, 1.165) is 30.7 Å². The van der Waals surface area contributed by atoms with Gasteiger partial charge in [-0.25, -0.2) is 4.99 Å². The van der Waals surface area contributed by atoms with Crippen molar-refractivity contribution in [1.82, 2.24) is 0 Å². The topological polar surface area (TPSA) is 54.2 Å². The van der Waals surface area contributed by atoms with Crippen LogP contribution in [0.2, 0.25) is 0 Å². The zero-order chi connectivity index (χ0) is 12.3. The Labute approximate surface area is 106 Å². The van der Waals surface area contributed by atoms with Crippen molar-refractivity contribution in [1.29, 1.82) is 0 Å². The van der Waals surface area contributed by atoms with E-state index in [9.17, 15) is 0 Å².